The number of fused-ring (bicyclic) bond motifs is 1. The van der Waals surface area contributed by atoms with Crippen LogP contribution in [-0.2, 0) is 0 Å². The van der Waals surface area contributed by atoms with Crippen LogP contribution in [0.15, 0.2) is 52.4 Å². The minimum atomic E-state index is 0.134. The summed E-state index contributed by atoms with van der Waals surface area (Å²) in [6.45, 7) is 0. The Bertz CT molecular complexity index is 637. The van der Waals surface area contributed by atoms with Gasteiger partial charge in [0.05, 0.1) is 11.4 Å². The lowest BCUT2D eigenvalue weighted by Gasteiger charge is -2.15. The van der Waals surface area contributed by atoms with Crippen LogP contribution in [0.1, 0.15) is 5.56 Å². The van der Waals surface area contributed by atoms with Crippen LogP contribution in [0.2, 0.25) is 0 Å². The molecular weight excluding hydrogens is 246 g/mol. The molecule has 0 aliphatic carbocycles. The standard InChI is InChI=1S/C14H11NO2S/c16-9-5-6-13(17)10(7-9)12-8-18-14-4-2-1-3-11(14)15-12/h1-7,16-17H,8H2. The molecule has 2 aromatic carbocycles. The number of hydrogen-bond donors (Lipinski definition) is 2. The van der Waals surface area contributed by atoms with Crippen LogP contribution in [0.3, 0.4) is 0 Å². The smallest absolute Gasteiger partial charge is 0.124 e. The average Bonchev–Trinajstić information content (AvgIpc) is 2.41. The zero-order valence-electron chi connectivity index (χ0n) is 9.50. The topological polar surface area (TPSA) is 52.8 Å². The van der Waals surface area contributed by atoms with Gasteiger partial charge in [-0.25, -0.2) is 0 Å². The summed E-state index contributed by atoms with van der Waals surface area (Å²) in [5, 5.41) is 19.3. The lowest BCUT2D eigenvalue weighted by atomic mass is 10.1. The van der Waals surface area contributed by atoms with Gasteiger partial charge in [-0.1, -0.05) is 12.1 Å². The fraction of sp³-hybridized carbons (Fsp3) is 0.0714. The second-order valence-corrected chi connectivity index (χ2v) is 5.03. The van der Waals surface area contributed by atoms with Crippen LogP contribution in [0, 0.1) is 0 Å². The summed E-state index contributed by atoms with van der Waals surface area (Å²) in [5.74, 6) is 0.967. The van der Waals surface area contributed by atoms with Gasteiger partial charge in [0.1, 0.15) is 11.5 Å². The summed E-state index contributed by atoms with van der Waals surface area (Å²) in [4.78, 5) is 5.68. The van der Waals surface area contributed by atoms with E-state index in [0.717, 1.165) is 16.3 Å². The zero-order chi connectivity index (χ0) is 12.5. The second kappa shape index (κ2) is 4.38. The van der Waals surface area contributed by atoms with E-state index in [4.69, 9.17) is 0 Å². The molecule has 2 aromatic rings. The molecule has 1 heterocycles. The number of benzene rings is 2. The summed E-state index contributed by atoms with van der Waals surface area (Å²) < 4.78 is 0. The van der Waals surface area contributed by atoms with Gasteiger partial charge >= 0.3 is 0 Å². The third kappa shape index (κ3) is 1.95. The van der Waals surface area contributed by atoms with Crippen molar-refractivity contribution in [2.24, 2.45) is 4.99 Å². The number of hydrogen-bond acceptors (Lipinski definition) is 4. The average molecular weight is 257 g/mol. The fourth-order valence-electron chi connectivity index (χ4n) is 1.89. The Morgan fingerprint density at radius 2 is 1.89 bits per heavy atom. The van der Waals surface area contributed by atoms with E-state index in [1.165, 1.54) is 12.1 Å². The van der Waals surface area contributed by atoms with E-state index in [2.05, 4.69) is 4.99 Å². The lowest BCUT2D eigenvalue weighted by molar-refractivity contribution is 0.459. The first-order valence-corrected chi connectivity index (χ1v) is 6.54. The minimum Gasteiger partial charge on any atom is -0.508 e. The van der Waals surface area contributed by atoms with Crippen molar-refractivity contribution in [3.05, 3.63) is 48.0 Å². The Labute approximate surface area is 109 Å². The van der Waals surface area contributed by atoms with E-state index >= 15 is 0 Å². The van der Waals surface area contributed by atoms with Gasteiger partial charge < -0.3 is 10.2 Å². The third-order valence-electron chi connectivity index (χ3n) is 2.78. The molecule has 0 unspecified atom stereocenters. The van der Waals surface area contributed by atoms with Crippen molar-refractivity contribution >= 4 is 23.2 Å². The third-order valence-corrected chi connectivity index (χ3v) is 3.85. The summed E-state index contributed by atoms with van der Waals surface area (Å²) in [6.07, 6.45) is 0. The van der Waals surface area contributed by atoms with Crippen LogP contribution in [0.4, 0.5) is 5.69 Å². The maximum atomic E-state index is 9.83. The molecule has 90 valence electrons. The largest absolute Gasteiger partial charge is 0.508 e. The number of phenolic OH excluding ortho intramolecular Hbond substituents is 2. The van der Waals surface area contributed by atoms with Crippen LogP contribution < -0.4 is 0 Å². The van der Waals surface area contributed by atoms with Gasteiger partial charge in [0.15, 0.2) is 0 Å². The van der Waals surface area contributed by atoms with E-state index in [1.807, 2.05) is 24.3 Å². The predicted octanol–water partition coefficient (Wildman–Crippen LogP) is 3.32. The molecule has 18 heavy (non-hydrogen) atoms. The van der Waals surface area contributed by atoms with E-state index in [9.17, 15) is 10.2 Å². The Balaban J connectivity index is 2.09. The van der Waals surface area contributed by atoms with Gasteiger partial charge in [0.25, 0.3) is 0 Å². The molecule has 3 rings (SSSR count). The maximum Gasteiger partial charge on any atom is 0.124 e. The van der Waals surface area contributed by atoms with Crippen LogP contribution in [-0.4, -0.2) is 21.7 Å². The first-order valence-electron chi connectivity index (χ1n) is 5.56. The first kappa shape index (κ1) is 11.2. The molecular formula is C14H11NO2S. The van der Waals surface area contributed by atoms with Gasteiger partial charge in [-0.3, -0.25) is 4.99 Å². The number of aliphatic imine (C=N–C) groups is 1. The first-order chi connectivity index (χ1) is 8.74. The molecule has 0 spiro atoms. The summed E-state index contributed by atoms with van der Waals surface area (Å²) >= 11 is 1.68. The van der Waals surface area contributed by atoms with Crippen molar-refractivity contribution in [2.45, 2.75) is 4.90 Å². The van der Waals surface area contributed by atoms with Gasteiger partial charge in [0.2, 0.25) is 0 Å². The SMILES string of the molecule is Oc1ccc(O)c(C2=Nc3ccccc3SC2)c1. The highest BCUT2D eigenvalue weighted by Crippen LogP contribution is 2.36. The molecule has 0 amide bonds. The monoisotopic (exact) mass is 257 g/mol. The highest BCUT2D eigenvalue weighted by Gasteiger charge is 2.16. The van der Waals surface area contributed by atoms with E-state index in [0.29, 0.717) is 11.3 Å². The molecule has 0 atom stereocenters. The molecule has 0 bridgehead atoms. The molecule has 2 N–H and O–H groups in total. The molecule has 1 aliphatic rings. The van der Waals surface area contributed by atoms with Gasteiger partial charge in [-0.2, -0.15) is 0 Å². The van der Waals surface area contributed by atoms with E-state index in [-0.39, 0.29) is 11.5 Å². The second-order valence-electron chi connectivity index (χ2n) is 4.02. The highest BCUT2D eigenvalue weighted by molar-refractivity contribution is 8.00. The zero-order valence-corrected chi connectivity index (χ0v) is 10.3. The number of phenols is 2. The van der Waals surface area contributed by atoms with Crippen LogP contribution in [0.5, 0.6) is 11.5 Å². The van der Waals surface area contributed by atoms with Crippen molar-refractivity contribution in [1.29, 1.82) is 0 Å². The number of thioether (sulfide) groups is 1. The van der Waals surface area contributed by atoms with Crippen LogP contribution in [0.25, 0.3) is 0 Å². The maximum absolute atomic E-state index is 9.83. The number of para-hydroxylation sites is 1. The minimum absolute atomic E-state index is 0.134. The predicted molar refractivity (Wildman–Crippen MR) is 73.1 cm³/mol. The van der Waals surface area contributed by atoms with Gasteiger partial charge in [0, 0.05) is 16.2 Å². The number of rotatable bonds is 1. The van der Waals surface area contributed by atoms with E-state index < -0.39 is 0 Å². The molecule has 0 aromatic heterocycles. The van der Waals surface area contributed by atoms with Gasteiger partial charge in [-0.05, 0) is 30.3 Å². The quantitative estimate of drug-likeness (QED) is 0.770. The number of nitrogens with zero attached hydrogens (tertiary/aromatic N) is 1. The number of aromatic hydroxyl groups is 2. The summed E-state index contributed by atoms with van der Waals surface area (Å²) in [5.41, 5.74) is 2.29. The molecule has 0 saturated carbocycles. The molecule has 4 heteroatoms. The lowest BCUT2D eigenvalue weighted by Crippen LogP contribution is -2.07. The van der Waals surface area contributed by atoms with Gasteiger partial charge in [-0.15, -0.1) is 11.8 Å². The van der Waals surface area contributed by atoms with Crippen LogP contribution >= 0.6 is 11.8 Å². The Kier molecular flexibility index (Phi) is 2.72. The molecule has 0 saturated heterocycles. The molecule has 0 fully saturated rings. The van der Waals surface area contributed by atoms with E-state index in [1.54, 1.807) is 17.8 Å². The Hall–Kier alpha value is -1.94. The van der Waals surface area contributed by atoms with Crippen molar-refractivity contribution in [3.63, 3.8) is 0 Å². The molecule has 3 nitrogen and oxygen atoms in total. The summed E-state index contributed by atoms with van der Waals surface area (Å²) in [7, 11) is 0. The fourth-order valence-corrected chi connectivity index (χ4v) is 2.84. The van der Waals surface area contributed by atoms with Crippen molar-refractivity contribution in [3.8, 4) is 11.5 Å². The Morgan fingerprint density at radius 3 is 2.78 bits per heavy atom. The highest BCUT2D eigenvalue weighted by atomic mass is 32.2. The summed E-state index contributed by atoms with van der Waals surface area (Å²) in [6, 6.07) is 12.4. The van der Waals surface area contributed by atoms with Crippen molar-refractivity contribution < 1.29 is 10.2 Å². The normalized spacial score (nSPS) is 13.9. The van der Waals surface area contributed by atoms with Crippen molar-refractivity contribution in [2.75, 3.05) is 5.75 Å². The Morgan fingerprint density at radius 1 is 1.06 bits per heavy atom. The molecule has 0 radical (unpaired) electrons. The van der Waals surface area contributed by atoms with Crippen molar-refractivity contribution in [1.82, 2.24) is 0 Å². The molecule has 1 aliphatic heterocycles.